The Morgan fingerprint density at radius 2 is 1.70 bits per heavy atom. The van der Waals surface area contributed by atoms with Gasteiger partial charge in [0.2, 0.25) is 11.5 Å². The lowest BCUT2D eigenvalue weighted by molar-refractivity contribution is -0.386. The molecule has 0 N–H and O–H groups in total. The van der Waals surface area contributed by atoms with Crippen molar-refractivity contribution in [3.05, 3.63) is 61.6 Å². The van der Waals surface area contributed by atoms with Gasteiger partial charge in [0.25, 0.3) is 0 Å². The summed E-state index contributed by atoms with van der Waals surface area (Å²) in [6, 6.07) is 7.22. The van der Waals surface area contributed by atoms with Crippen LogP contribution in [-0.2, 0) is 0 Å². The van der Waals surface area contributed by atoms with E-state index in [-0.39, 0.29) is 32.7 Å². The van der Waals surface area contributed by atoms with Crippen LogP contribution in [0.25, 0.3) is 0 Å². The molecule has 0 radical (unpaired) electrons. The van der Waals surface area contributed by atoms with Crippen molar-refractivity contribution in [3.8, 4) is 11.5 Å². The molecule has 0 aliphatic rings. The third-order valence-corrected chi connectivity index (χ3v) is 3.77. The summed E-state index contributed by atoms with van der Waals surface area (Å²) in [5, 5.41) is 11.6. The molecule has 8 heteroatoms. The van der Waals surface area contributed by atoms with Crippen LogP contribution in [0.3, 0.4) is 0 Å². The minimum Gasteiger partial charge on any atom is -0.493 e. The standard InChI is InChI=1S/C15H11Cl2NO5/c1-22-11-7-6-8(13(18(20)21)15(11)23-2)14(19)12-9(16)4-3-5-10(12)17/h3-7H,1-2H3. The molecule has 0 atom stereocenters. The monoisotopic (exact) mass is 355 g/mol. The largest absolute Gasteiger partial charge is 0.493 e. The van der Waals surface area contributed by atoms with E-state index in [9.17, 15) is 14.9 Å². The van der Waals surface area contributed by atoms with Gasteiger partial charge in [-0.25, -0.2) is 0 Å². The molecule has 120 valence electrons. The van der Waals surface area contributed by atoms with Crippen LogP contribution in [0.4, 0.5) is 5.69 Å². The first kappa shape index (κ1) is 17.1. The maximum atomic E-state index is 12.7. The average Bonchev–Trinajstić information content (AvgIpc) is 2.52. The minimum atomic E-state index is -0.709. The molecular formula is C15H11Cl2NO5. The number of methoxy groups -OCH3 is 2. The molecule has 0 spiro atoms. The second-order valence-electron chi connectivity index (χ2n) is 4.38. The summed E-state index contributed by atoms with van der Waals surface area (Å²) >= 11 is 12.0. The molecule has 0 amide bonds. The quantitative estimate of drug-likeness (QED) is 0.457. The lowest BCUT2D eigenvalue weighted by atomic mass is 10.0. The molecule has 0 aliphatic carbocycles. The van der Waals surface area contributed by atoms with Gasteiger partial charge < -0.3 is 9.47 Å². The van der Waals surface area contributed by atoms with Crippen LogP contribution < -0.4 is 9.47 Å². The third-order valence-electron chi connectivity index (χ3n) is 3.14. The molecule has 0 fully saturated rings. The number of nitro groups is 1. The van der Waals surface area contributed by atoms with Gasteiger partial charge in [0.1, 0.15) is 5.56 Å². The van der Waals surface area contributed by atoms with E-state index in [1.54, 1.807) is 6.07 Å². The number of nitrogens with zero attached hydrogens (tertiary/aromatic N) is 1. The number of ketones is 1. The molecule has 2 aromatic rings. The van der Waals surface area contributed by atoms with E-state index < -0.39 is 16.4 Å². The zero-order valence-electron chi connectivity index (χ0n) is 12.1. The van der Waals surface area contributed by atoms with E-state index in [0.29, 0.717) is 0 Å². The van der Waals surface area contributed by atoms with Crippen molar-refractivity contribution in [2.24, 2.45) is 0 Å². The summed E-state index contributed by atoms with van der Waals surface area (Å²) in [6.45, 7) is 0. The summed E-state index contributed by atoms with van der Waals surface area (Å²) in [5.74, 6) is -0.680. The maximum absolute atomic E-state index is 12.7. The Hall–Kier alpha value is -2.31. The van der Waals surface area contributed by atoms with Gasteiger partial charge in [-0.2, -0.15) is 0 Å². The van der Waals surface area contributed by atoms with E-state index in [0.717, 1.165) is 0 Å². The van der Waals surface area contributed by atoms with Crippen molar-refractivity contribution < 1.29 is 19.2 Å². The lowest BCUT2D eigenvalue weighted by Crippen LogP contribution is -2.09. The second-order valence-corrected chi connectivity index (χ2v) is 5.19. The number of hydrogen-bond donors (Lipinski definition) is 0. The number of ether oxygens (including phenoxy) is 2. The molecule has 0 saturated heterocycles. The summed E-state index contributed by atoms with van der Waals surface area (Å²) in [4.78, 5) is 23.4. The van der Waals surface area contributed by atoms with Gasteiger partial charge in [-0.15, -0.1) is 0 Å². The van der Waals surface area contributed by atoms with Crippen LogP contribution in [0.2, 0.25) is 10.0 Å². The van der Waals surface area contributed by atoms with Gasteiger partial charge in [0.15, 0.2) is 5.75 Å². The van der Waals surface area contributed by atoms with Crippen LogP contribution in [0.5, 0.6) is 11.5 Å². The highest BCUT2D eigenvalue weighted by molar-refractivity contribution is 6.41. The van der Waals surface area contributed by atoms with E-state index >= 15 is 0 Å². The lowest BCUT2D eigenvalue weighted by Gasteiger charge is -2.11. The van der Waals surface area contributed by atoms with E-state index in [2.05, 4.69) is 0 Å². The maximum Gasteiger partial charge on any atom is 0.325 e. The molecule has 0 aliphatic heterocycles. The highest BCUT2D eigenvalue weighted by Gasteiger charge is 2.31. The van der Waals surface area contributed by atoms with Crippen LogP contribution in [-0.4, -0.2) is 24.9 Å². The molecule has 0 saturated carbocycles. The number of benzene rings is 2. The van der Waals surface area contributed by atoms with Crippen LogP contribution in [0.1, 0.15) is 15.9 Å². The fourth-order valence-corrected chi connectivity index (χ4v) is 2.69. The number of rotatable bonds is 5. The van der Waals surface area contributed by atoms with E-state index in [4.69, 9.17) is 32.7 Å². The Kier molecular flexibility index (Phi) is 5.08. The fourth-order valence-electron chi connectivity index (χ4n) is 2.12. The van der Waals surface area contributed by atoms with Crippen molar-refractivity contribution in [3.63, 3.8) is 0 Å². The Labute approximate surface area is 141 Å². The van der Waals surface area contributed by atoms with Gasteiger partial charge in [0, 0.05) is 0 Å². The number of halogens is 2. The van der Waals surface area contributed by atoms with Gasteiger partial charge in [-0.1, -0.05) is 29.3 Å². The Morgan fingerprint density at radius 3 is 2.17 bits per heavy atom. The molecule has 2 rings (SSSR count). The zero-order chi connectivity index (χ0) is 17.1. The van der Waals surface area contributed by atoms with Crippen LogP contribution >= 0.6 is 23.2 Å². The fraction of sp³-hybridized carbons (Fsp3) is 0.133. The molecule has 2 aromatic carbocycles. The van der Waals surface area contributed by atoms with Crippen molar-refractivity contribution >= 4 is 34.7 Å². The van der Waals surface area contributed by atoms with Crippen LogP contribution in [0.15, 0.2) is 30.3 Å². The first-order chi connectivity index (χ1) is 10.9. The third kappa shape index (κ3) is 3.09. The van der Waals surface area contributed by atoms with Gasteiger partial charge in [-0.05, 0) is 24.3 Å². The minimum absolute atomic E-state index is 0.00819. The summed E-state index contributed by atoms with van der Waals surface area (Å²) in [7, 11) is 2.59. The Bertz CT molecular complexity index is 771. The van der Waals surface area contributed by atoms with Crippen molar-refractivity contribution in [2.75, 3.05) is 14.2 Å². The van der Waals surface area contributed by atoms with Crippen molar-refractivity contribution in [1.82, 2.24) is 0 Å². The highest BCUT2D eigenvalue weighted by Crippen LogP contribution is 2.41. The molecule has 0 aromatic heterocycles. The Morgan fingerprint density at radius 1 is 1.09 bits per heavy atom. The predicted octanol–water partition coefficient (Wildman–Crippen LogP) is 4.15. The second kappa shape index (κ2) is 6.85. The summed E-state index contributed by atoms with van der Waals surface area (Å²) in [5.41, 5.74) is -0.707. The number of carbonyl (C=O) groups excluding carboxylic acids is 1. The topological polar surface area (TPSA) is 78.7 Å². The molecule has 0 unspecified atom stereocenters. The SMILES string of the molecule is COc1ccc(C(=O)c2c(Cl)cccc2Cl)c([N+](=O)[O-])c1OC. The average molecular weight is 356 g/mol. The Balaban J connectivity index is 2.73. The zero-order valence-corrected chi connectivity index (χ0v) is 13.6. The van der Waals surface area contributed by atoms with Gasteiger partial charge in [-0.3, -0.25) is 14.9 Å². The smallest absolute Gasteiger partial charge is 0.325 e. The molecule has 0 heterocycles. The number of nitro benzene ring substituents is 1. The van der Waals surface area contributed by atoms with E-state index in [1.165, 1.54) is 38.5 Å². The predicted molar refractivity (Wildman–Crippen MR) is 86.1 cm³/mol. The molecular weight excluding hydrogens is 345 g/mol. The first-order valence-corrected chi connectivity index (χ1v) is 7.06. The van der Waals surface area contributed by atoms with Crippen molar-refractivity contribution in [1.29, 1.82) is 0 Å². The number of carbonyl (C=O) groups is 1. The molecule has 23 heavy (non-hydrogen) atoms. The van der Waals surface area contributed by atoms with Crippen LogP contribution in [0, 0.1) is 10.1 Å². The van der Waals surface area contributed by atoms with Crippen molar-refractivity contribution in [2.45, 2.75) is 0 Å². The first-order valence-electron chi connectivity index (χ1n) is 6.30. The highest BCUT2D eigenvalue weighted by atomic mass is 35.5. The molecule has 6 nitrogen and oxygen atoms in total. The normalized spacial score (nSPS) is 10.3. The van der Waals surface area contributed by atoms with Gasteiger partial charge in [0.05, 0.1) is 34.8 Å². The molecule has 0 bridgehead atoms. The summed E-state index contributed by atoms with van der Waals surface area (Å²) < 4.78 is 10.1. The number of hydrogen-bond acceptors (Lipinski definition) is 5. The summed E-state index contributed by atoms with van der Waals surface area (Å²) in [6.07, 6.45) is 0. The van der Waals surface area contributed by atoms with Gasteiger partial charge >= 0.3 is 5.69 Å². The van der Waals surface area contributed by atoms with E-state index in [1.807, 2.05) is 0 Å².